The number of aryl methyl sites for hydroxylation is 2. The highest BCUT2D eigenvalue weighted by Gasteiger charge is 2.18. The predicted octanol–water partition coefficient (Wildman–Crippen LogP) is 4.78. The number of aromatic nitrogens is 1. The normalized spacial score (nSPS) is 12.1. The van der Waals surface area contributed by atoms with Crippen LogP contribution in [0.3, 0.4) is 0 Å². The van der Waals surface area contributed by atoms with E-state index < -0.39 is 0 Å². The Kier molecular flexibility index (Phi) is 4.63. The summed E-state index contributed by atoms with van der Waals surface area (Å²) >= 11 is 1.68. The molecule has 0 spiro atoms. The second kappa shape index (κ2) is 6.84. The number of nitrogens with one attached hydrogen (secondary N) is 1. The first-order valence-corrected chi connectivity index (χ1v) is 8.54. The summed E-state index contributed by atoms with van der Waals surface area (Å²) in [6.07, 6.45) is 4.44. The van der Waals surface area contributed by atoms with Crippen LogP contribution < -0.4 is 5.32 Å². The number of benzene rings is 1. The minimum absolute atomic E-state index is 0.0315. The zero-order valence-electron chi connectivity index (χ0n) is 13.3. The van der Waals surface area contributed by atoms with Gasteiger partial charge in [-0.25, -0.2) is 0 Å². The molecule has 3 nitrogen and oxygen atoms in total. The molecule has 2 aromatic heterocycles. The van der Waals surface area contributed by atoms with Gasteiger partial charge in [0.25, 0.3) is 0 Å². The molecule has 0 radical (unpaired) electrons. The van der Waals surface area contributed by atoms with Gasteiger partial charge in [-0.15, -0.1) is 11.3 Å². The molecule has 0 aliphatic carbocycles. The van der Waals surface area contributed by atoms with Crippen LogP contribution in [0.2, 0.25) is 0 Å². The number of nitrogens with zero attached hydrogens (tertiary/aromatic N) is 1. The molecule has 0 fully saturated rings. The lowest BCUT2D eigenvalue weighted by Crippen LogP contribution is -2.19. The van der Waals surface area contributed by atoms with Gasteiger partial charge in [0.2, 0.25) is 5.91 Å². The molecule has 1 N–H and O–H groups in total. The number of hydrogen-bond acceptors (Lipinski definition) is 2. The summed E-state index contributed by atoms with van der Waals surface area (Å²) in [5, 5.41) is 5.09. The minimum atomic E-state index is 0.0315. The van der Waals surface area contributed by atoms with Crippen LogP contribution in [0.4, 0.5) is 5.69 Å². The van der Waals surface area contributed by atoms with Crippen LogP contribution in [0.15, 0.2) is 60.2 Å². The van der Waals surface area contributed by atoms with Crippen LogP contribution in [-0.4, -0.2) is 10.5 Å². The third-order valence-electron chi connectivity index (χ3n) is 3.89. The highest BCUT2D eigenvalue weighted by molar-refractivity contribution is 7.10. The molecule has 23 heavy (non-hydrogen) atoms. The van der Waals surface area contributed by atoms with Gasteiger partial charge in [0.05, 0.1) is 12.5 Å². The maximum Gasteiger partial charge on any atom is 0.226 e. The summed E-state index contributed by atoms with van der Waals surface area (Å²) in [6, 6.07) is 14.2. The van der Waals surface area contributed by atoms with Crippen LogP contribution in [0.5, 0.6) is 0 Å². The van der Waals surface area contributed by atoms with E-state index >= 15 is 0 Å². The summed E-state index contributed by atoms with van der Waals surface area (Å²) < 4.78 is 2.09. The van der Waals surface area contributed by atoms with Crippen LogP contribution in [0, 0.1) is 13.8 Å². The van der Waals surface area contributed by atoms with E-state index in [-0.39, 0.29) is 11.9 Å². The average Bonchev–Trinajstić information content (AvgIpc) is 3.21. The summed E-state index contributed by atoms with van der Waals surface area (Å²) in [6.45, 7) is 4.07. The molecule has 4 heteroatoms. The molecular formula is C19H20N2OS. The summed E-state index contributed by atoms with van der Waals surface area (Å²) in [4.78, 5) is 13.7. The van der Waals surface area contributed by atoms with Crippen LogP contribution in [0.25, 0.3) is 0 Å². The van der Waals surface area contributed by atoms with E-state index in [1.807, 2.05) is 55.0 Å². The molecular weight excluding hydrogens is 304 g/mol. The zero-order valence-corrected chi connectivity index (χ0v) is 14.1. The lowest BCUT2D eigenvalue weighted by molar-refractivity contribution is -0.116. The van der Waals surface area contributed by atoms with Crippen molar-refractivity contribution in [3.05, 3.63) is 76.2 Å². The Hall–Kier alpha value is -2.33. The molecule has 0 saturated carbocycles. The van der Waals surface area contributed by atoms with Crippen molar-refractivity contribution in [3.63, 3.8) is 0 Å². The molecule has 118 valence electrons. The van der Waals surface area contributed by atoms with Gasteiger partial charge in [0, 0.05) is 23.0 Å². The van der Waals surface area contributed by atoms with E-state index in [0.717, 1.165) is 11.3 Å². The standard InChI is InChI=1S/C19H20N2OS/c1-14-7-8-16(15(2)12-14)20-19(22)13-17(18-6-5-11-23-18)21-9-3-4-10-21/h3-12,17H,13H2,1-2H3,(H,20,22)/t17-/m0/s1. The molecule has 1 atom stereocenters. The molecule has 1 amide bonds. The van der Waals surface area contributed by atoms with Gasteiger partial charge in [-0.3, -0.25) is 4.79 Å². The smallest absolute Gasteiger partial charge is 0.226 e. The van der Waals surface area contributed by atoms with Crippen molar-refractivity contribution in [2.45, 2.75) is 26.3 Å². The van der Waals surface area contributed by atoms with E-state index in [2.05, 4.69) is 28.9 Å². The van der Waals surface area contributed by atoms with Gasteiger partial charge in [-0.1, -0.05) is 23.8 Å². The fourth-order valence-corrected chi connectivity index (χ4v) is 3.55. The Morgan fingerprint density at radius 2 is 1.96 bits per heavy atom. The average molecular weight is 324 g/mol. The molecule has 3 aromatic rings. The Morgan fingerprint density at radius 1 is 1.17 bits per heavy atom. The highest BCUT2D eigenvalue weighted by Crippen LogP contribution is 2.27. The Balaban J connectivity index is 1.76. The van der Waals surface area contributed by atoms with Gasteiger partial charge >= 0.3 is 0 Å². The first-order chi connectivity index (χ1) is 11.1. The van der Waals surface area contributed by atoms with Crippen LogP contribution in [-0.2, 0) is 4.79 Å². The highest BCUT2D eigenvalue weighted by atomic mass is 32.1. The fourth-order valence-electron chi connectivity index (χ4n) is 2.72. The lowest BCUT2D eigenvalue weighted by Gasteiger charge is -2.18. The SMILES string of the molecule is Cc1ccc(NC(=O)C[C@@H](c2cccs2)n2cccc2)c(C)c1. The van der Waals surface area contributed by atoms with Crippen molar-refractivity contribution >= 4 is 22.9 Å². The van der Waals surface area contributed by atoms with Gasteiger partial charge in [-0.2, -0.15) is 0 Å². The first-order valence-electron chi connectivity index (χ1n) is 7.66. The zero-order chi connectivity index (χ0) is 16.2. The fraction of sp³-hybridized carbons (Fsp3) is 0.211. The Bertz CT molecular complexity index is 742. The molecule has 0 bridgehead atoms. The molecule has 1 aromatic carbocycles. The van der Waals surface area contributed by atoms with Crippen molar-refractivity contribution in [3.8, 4) is 0 Å². The van der Waals surface area contributed by atoms with Crippen LogP contribution >= 0.6 is 11.3 Å². The summed E-state index contributed by atoms with van der Waals surface area (Å²) in [5.74, 6) is 0.0315. The second-order valence-corrected chi connectivity index (χ2v) is 6.71. The van der Waals surface area contributed by atoms with Crippen LogP contribution in [0.1, 0.15) is 28.5 Å². The van der Waals surface area contributed by atoms with Crippen molar-refractivity contribution in [2.75, 3.05) is 5.32 Å². The number of carbonyl (C=O) groups is 1. The first kappa shape index (κ1) is 15.6. The van der Waals surface area contributed by atoms with Crippen molar-refractivity contribution in [1.82, 2.24) is 4.57 Å². The van der Waals surface area contributed by atoms with E-state index in [9.17, 15) is 4.79 Å². The lowest BCUT2D eigenvalue weighted by atomic mass is 10.1. The predicted molar refractivity (Wildman–Crippen MR) is 96.1 cm³/mol. The molecule has 0 aliphatic rings. The molecule has 0 saturated heterocycles. The second-order valence-electron chi connectivity index (χ2n) is 5.73. The monoisotopic (exact) mass is 324 g/mol. The number of thiophene rings is 1. The van der Waals surface area contributed by atoms with E-state index in [4.69, 9.17) is 0 Å². The van der Waals surface area contributed by atoms with Gasteiger partial charge < -0.3 is 9.88 Å². The molecule has 0 aliphatic heterocycles. The number of rotatable bonds is 5. The Morgan fingerprint density at radius 3 is 2.61 bits per heavy atom. The minimum Gasteiger partial charge on any atom is -0.346 e. The third kappa shape index (κ3) is 3.71. The van der Waals surface area contributed by atoms with Crippen molar-refractivity contribution < 1.29 is 4.79 Å². The number of amides is 1. The summed E-state index contributed by atoms with van der Waals surface area (Å²) in [7, 11) is 0. The van der Waals surface area contributed by atoms with Gasteiger partial charge in [-0.05, 0) is 49.1 Å². The maximum atomic E-state index is 12.5. The molecule has 2 heterocycles. The quantitative estimate of drug-likeness (QED) is 0.719. The maximum absolute atomic E-state index is 12.5. The summed E-state index contributed by atoms with van der Waals surface area (Å²) in [5.41, 5.74) is 3.18. The number of hydrogen-bond donors (Lipinski definition) is 1. The van der Waals surface area contributed by atoms with E-state index in [1.165, 1.54) is 10.4 Å². The number of anilines is 1. The van der Waals surface area contributed by atoms with E-state index in [1.54, 1.807) is 11.3 Å². The third-order valence-corrected chi connectivity index (χ3v) is 4.87. The molecule has 3 rings (SSSR count). The number of carbonyl (C=O) groups excluding carboxylic acids is 1. The van der Waals surface area contributed by atoms with Crippen molar-refractivity contribution in [2.24, 2.45) is 0 Å². The topological polar surface area (TPSA) is 34.0 Å². The van der Waals surface area contributed by atoms with E-state index in [0.29, 0.717) is 6.42 Å². The Labute approximate surface area is 140 Å². The van der Waals surface area contributed by atoms with Gasteiger partial charge in [0.15, 0.2) is 0 Å². The molecule has 0 unspecified atom stereocenters. The van der Waals surface area contributed by atoms with Gasteiger partial charge in [0.1, 0.15) is 0 Å². The van der Waals surface area contributed by atoms with Crippen molar-refractivity contribution in [1.29, 1.82) is 0 Å². The largest absolute Gasteiger partial charge is 0.346 e.